The number of ether oxygens (including phenoxy) is 2. The Bertz CT molecular complexity index is 1130. The first-order valence-corrected chi connectivity index (χ1v) is 12.1. The molecule has 1 amide bonds. The quantitative estimate of drug-likeness (QED) is 0.538. The predicted molar refractivity (Wildman–Crippen MR) is 130 cm³/mol. The molecule has 0 aliphatic carbocycles. The Morgan fingerprint density at radius 1 is 1.06 bits per heavy atom. The highest BCUT2D eigenvalue weighted by Gasteiger charge is 2.45. The van der Waals surface area contributed by atoms with E-state index in [1.165, 1.54) is 0 Å². The van der Waals surface area contributed by atoms with Crippen LogP contribution in [-0.4, -0.2) is 47.1 Å². The average Bonchev–Trinajstić information content (AvgIpc) is 2.91. The summed E-state index contributed by atoms with van der Waals surface area (Å²) in [5, 5.41) is 0. The van der Waals surface area contributed by atoms with E-state index >= 15 is 0 Å². The van der Waals surface area contributed by atoms with Gasteiger partial charge in [-0.15, -0.1) is 0 Å². The largest absolute Gasteiger partial charge is 0.437 e. The third-order valence-corrected chi connectivity index (χ3v) is 7.15. The maximum absolute atomic E-state index is 14.0. The van der Waals surface area contributed by atoms with E-state index in [4.69, 9.17) is 14.5 Å². The average molecular weight is 458 g/mol. The molecule has 0 N–H and O–H groups in total. The van der Waals surface area contributed by atoms with Gasteiger partial charge in [0, 0.05) is 38.4 Å². The molecule has 2 aliphatic heterocycles. The number of aromatic nitrogens is 2. The number of nitrogens with zero attached hydrogens (tertiary/aromatic N) is 3. The number of aryl methyl sites for hydroxylation is 1. The van der Waals surface area contributed by atoms with Crippen molar-refractivity contribution >= 4 is 5.91 Å². The molecule has 176 valence electrons. The van der Waals surface area contributed by atoms with Crippen LogP contribution in [0.2, 0.25) is 0 Å². The number of likely N-dealkylation sites (tertiary alicyclic amines) is 1. The fourth-order valence-corrected chi connectivity index (χ4v) is 5.20. The van der Waals surface area contributed by atoms with Gasteiger partial charge in [-0.3, -0.25) is 9.78 Å². The summed E-state index contributed by atoms with van der Waals surface area (Å²) < 4.78 is 11.7. The molecular weight excluding hydrogens is 426 g/mol. The summed E-state index contributed by atoms with van der Waals surface area (Å²) in [6.45, 7) is 4.66. The molecule has 0 saturated carbocycles. The van der Waals surface area contributed by atoms with Gasteiger partial charge in [-0.25, -0.2) is 4.98 Å². The minimum atomic E-state index is -0.511. The summed E-state index contributed by atoms with van der Waals surface area (Å²) >= 11 is 0. The Labute approximate surface area is 201 Å². The molecule has 1 unspecified atom stereocenters. The minimum Gasteiger partial charge on any atom is -0.437 e. The number of amides is 1. The van der Waals surface area contributed by atoms with Crippen LogP contribution in [0.4, 0.5) is 0 Å². The molecule has 6 nitrogen and oxygen atoms in total. The molecule has 0 bridgehead atoms. The van der Waals surface area contributed by atoms with Crippen LogP contribution < -0.4 is 4.74 Å². The lowest BCUT2D eigenvalue weighted by Crippen LogP contribution is -2.52. The van der Waals surface area contributed by atoms with Crippen LogP contribution in [0.15, 0.2) is 67.0 Å². The first kappa shape index (κ1) is 22.5. The van der Waals surface area contributed by atoms with Gasteiger partial charge in [-0.2, -0.15) is 0 Å². The molecule has 2 fully saturated rings. The first-order valence-electron chi connectivity index (χ1n) is 12.1. The second-order valence-corrected chi connectivity index (χ2v) is 9.30. The number of carbonyl (C=O) groups is 1. The number of piperidine rings is 1. The highest BCUT2D eigenvalue weighted by atomic mass is 16.5. The van der Waals surface area contributed by atoms with Crippen molar-refractivity contribution in [2.75, 3.05) is 26.3 Å². The molecule has 3 heterocycles. The third-order valence-electron chi connectivity index (χ3n) is 7.15. The Morgan fingerprint density at radius 3 is 2.62 bits per heavy atom. The Morgan fingerprint density at radius 2 is 1.82 bits per heavy atom. The van der Waals surface area contributed by atoms with E-state index in [2.05, 4.69) is 17.1 Å². The van der Waals surface area contributed by atoms with Gasteiger partial charge >= 0.3 is 0 Å². The molecule has 2 aromatic carbocycles. The van der Waals surface area contributed by atoms with Crippen LogP contribution in [0.1, 0.15) is 48.4 Å². The molecule has 0 radical (unpaired) electrons. The summed E-state index contributed by atoms with van der Waals surface area (Å²) in [4.78, 5) is 25.2. The van der Waals surface area contributed by atoms with Crippen LogP contribution in [0.3, 0.4) is 0 Å². The van der Waals surface area contributed by atoms with Crippen molar-refractivity contribution in [3.05, 3.63) is 83.8 Å². The summed E-state index contributed by atoms with van der Waals surface area (Å²) in [6.07, 6.45) is 6.82. The van der Waals surface area contributed by atoms with Gasteiger partial charge in [0.15, 0.2) is 0 Å². The van der Waals surface area contributed by atoms with E-state index in [1.807, 2.05) is 60.5 Å². The van der Waals surface area contributed by atoms with Crippen LogP contribution >= 0.6 is 0 Å². The van der Waals surface area contributed by atoms with E-state index in [0.717, 1.165) is 54.8 Å². The van der Waals surface area contributed by atoms with E-state index in [-0.39, 0.29) is 11.8 Å². The van der Waals surface area contributed by atoms with E-state index in [9.17, 15) is 4.79 Å². The third kappa shape index (κ3) is 4.55. The van der Waals surface area contributed by atoms with Crippen LogP contribution in [0.25, 0.3) is 0 Å². The second kappa shape index (κ2) is 9.94. The lowest BCUT2D eigenvalue weighted by atomic mass is 9.72. The Balaban J connectivity index is 1.36. The zero-order chi connectivity index (χ0) is 23.4. The zero-order valence-electron chi connectivity index (χ0n) is 19.7. The van der Waals surface area contributed by atoms with Crippen LogP contribution in [0, 0.1) is 6.92 Å². The lowest BCUT2D eigenvalue weighted by molar-refractivity contribution is -0.142. The normalized spacial score (nSPS) is 20.0. The maximum atomic E-state index is 14.0. The topological polar surface area (TPSA) is 64.5 Å². The number of rotatable bonds is 5. The summed E-state index contributed by atoms with van der Waals surface area (Å²) in [6, 6.07) is 18.1. The second-order valence-electron chi connectivity index (χ2n) is 9.30. The number of carbonyl (C=O) groups excluding carboxylic acids is 1. The highest BCUT2D eigenvalue weighted by Crippen LogP contribution is 2.38. The zero-order valence-corrected chi connectivity index (χ0v) is 19.7. The van der Waals surface area contributed by atoms with Crippen molar-refractivity contribution in [2.45, 2.75) is 43.9 Å². The molecule has 5 rings (SSSR count). The molecule has 2 aliphatic rings. The predicted octanol–water partition coefficient (Wildman–Crippen LogP) is 5.03. The fourth-order valence-electron chi connectivity index (χ4n) is 5.20. The molecule has 2 saturated heterocycles. The van der Waals surface area contributed by atoms with Crippen LogP contribution in [0.5, 0.6) is 11.6 Å². The number of benzene rings is 2. The van der Waals surface area contributed by atoms with Crippen molar-refractivity contribution in [3.63, 3.8) is 0 Å². The van der Waals surface area contributed by atoms with Crippen molar-refractivity contribution < 1.29 is 14.3 Å². The van der Waals surface area contributed by atoms with Crippen LogP contribution in [-0.2, 0) is 14.9 Å². The molecule has 1 aromatic heterocycles. The fraction of sp³-hybridized carbons (Fsp3) is 0.393. The van der Waals surface area contributed by atoms with E-state index in [0.29, 0.717) is 25.6 Å². The number of para-hydroxylation sites is 1. The summed E-state index contributed by atoms with van der Waals surface area (Å²) in [5.74, 6) is 1.62. The van der Waals surface area contributed by atoms with Crippen molar-refractivity contribution in [1.82, 2.24) is 14.9 Å². The molecule has 1 atom stereocenters. The van der Waals surface area contributed by atoms with Gasteiger partial charge in [0.2, 0.25) is 11.8 Å². The first-order chi connectivity index (χ1) is 16.7. The van der Waals surface area contributed by atoms with E-state index < -0.39 is 5.41 Å². The SMILES string of the molecule is Cc1ccccc1Oc1cncc(C2CCCN(C(=O)C3(c4ccccc4)CCOCC3)C2)n1. The van der Waals surface area contributed by atoms with Gasteiger partial charge in [0.05, 0.1) is 17.3 Å². The Kier molecular flexibility index (Phi) is 6.59. The standard InChI is InChI=1S/C28H31N3O3/c1-21-8-5-6-12-25(21)34-26-19-29-18-24(30-26)22-9-7-15-31(20-22)27(32)28(13-16-33-17-14-28)23-10-3-2-4-11-23/h2-6,8,10-12,18-19,22H,7,9,13-17,20H2,1H3. The summed E-state index contributed by atoms with van der Waals surface area (Å²) in [5.41, 5.74) is 2.51. The molecule has 0 spiro atoms. The van der Waals surface area contributed by atoms with Gasteiger partial charge in [0.1, 0.15) is 5.75 Å². The molecular formula is C28H31N3O3. The van der Waals surface area contributed by atoms with Crippen molar-refractivity contribution in [3.8, 4) is 11.6 Å². The Hall–Kier alpha value is -3.25. The maximum Gasteiger partial charge on any atom is 0.238 e. The molecule has 3 aromatic rings. The monoisotopic (exact) mass is 457 g/mol. The number of hydrogen-bond acceptors (Lipinski definition) is 5. The smallest absolute Gasteiger partial charge is 0.238 e. The van der Waals surface area contributed by atoms with Gasteiger partial charge in [-0.05, 0) is 49.8 Å². The van der Waals surface area contributed by atoms with Crippen molar-refractivity contribution in [2.24, 2.45) is 0 Å². The van der Waals surface area contributed by atoms with Gasteiger partial charge in [-0.1, -0.05) is 48.5 Å². The highest BCUT2D eigenvalue weighted by molar-refractivity contribution is 5.88. The number of hydrogen-bond donors (Lipinski definition) is 0. The van der Waals surface area contributed by atoms with Gasteiger partial charge in [0.25, 0.3) is 0 Å². The minimum absolute atomic E-state index is 0.137. The summed E-state index contributed by atoms with van der Waals surface area (Å²) in [7, 11) is 0. The molecule has 6 heteroatoms. The van der Waals surface area contributed by atoms with Crippen molar-refractivity contribution in [1.29, 1.82) is 0 Å². The van der Waals surface area contributed by atoms with E-state index in [1.54, 1.807) is 6.20 Å². The van der Waals surface area contributed by atoms with Gasteiger partial charge < -0.3 is 14.4 Å². The lowest BCUT2D eigenvalue weighted by Gasteiger charge is -2.42. The molecule has 34 heavy (non-hydrogen) atoms.